The SMILES string of the molecule is c1ccc(-n2c(-c3ccc4ccc5cccc6ccc3c4c56)nc3c4cccc5ccc6cccc(c6c54)c32)cc1. The number of hydrogen-bond donors (Lipinski definition) is 0. The predicted molar refractivity (Wildman–Crippen MR) is 174 cm³/mol. The summed E-state index contributed by atoms with van der Waals surface area (Å²) in [7, 11) is 0. The predicted octanol–water partition coefficient (Wildman–Crippen LogP) is 10.5. The number of rotatable bonds is 2. The maximum absolute atomic E-state index is 5.55. The number of para-hydroxylation sites is 1. The van der Waals surface area contributed by atoms with Crippen LogP contribution in [0.1, 0.15) is 0 Å². The first-order chi connectivity index (χ1) is 20.3. The van der Waals surface area contributed by atoms with Gasteiger partial charge in [0.25, 0.3) is 0 Å². The molecule has 0 fully saturated rings. The van der Waals surface area contributed by atoms with Crippen LogP contribution in [0.3, 0.4) is 0 Å². The van der Waals surface area contributed by atoms with E-state index in [1.165, 1.54) is 64.6 Å². The first-order valence-electron chi connectivity index (χ1n) is 14.2. The van der Waals surface area contributed by atoms with E-state index in [1.807, 2.05) is 0 Å². The Bertz CT molecular complexity index is 2610. The van der Waals surface area contributed by atoms with Gasteiger partial charge in [-0.15, -0.1) is 0 Å². The molecule has 1 heterocycles. The van der Waals surface area contributed by atoms with Crippen molar-refractivity contribution in [1.82, 2.24) is 9.55 Å². The summed E-state index contributed by atoms with van der Waals surface area (Å²) < 4.78 is 2.39. The molecule has 0 unspecified atom stereocenters. The lowest BCUT2D eigenvalue weighted by molar-refractivity contribution is 1.11. The zero-order valence-corrected chi connectivity index (χ0v) is 22.1. The van der Waals surface area contributed by atoms with E-state index in [0.29, 0.717) is 0 Å². The van der Waals surface area contributed by atoms with Crippen molar-refractivity contribution in [2.75, 3.05) is 0 Å². The second kappa shape index (κ2) is 7.59. The van der Waals surface area contributed by atoms with Crippen molar-refractivity contribution >= 4 is 75.7 Å². The summed E-state index contributed by atoms with van der Waals surface area (Å²) in [4.78, 5) is 5.55. The number of nitrogens with zero attached hydrogens (tertiary/aromatic N) is 2. The molecule has 0 saturated carbocycles. The molecule has 0 aliphatic rings. The van der Waals surface area contributed by atoms with Crippen LogP contribution in [0.2, 0.25) is 0 Å². The minimum atomic E-state index is 0.973. The molecule has 0 aliphatic carbocycles. The van der Waals surface area contributed by atoms with E-state index in [9.17, 15) is 0 Å². The molecule has 2 nitrogen and oxygen atoms in total. The van der Waals surface area contributed by atoms with Crippen LogP contribution in [0.15, 0.2) is 133 Å². The van der Waals surface area contributed by atoms with E-state index >= 15 is 0 Å². The first kappa shape index (κ1) is 21.4. The van der Waals surface area contributed by atoms with Gasteiger partial charge in [-0.2, -0.15) is 0 Å². The third kappa shape index (κ3) is 2.69. The van der Waals surface area contributed by atoms with Gasteiger partial charge in [0.15, 0.2) is 0 Å². The average molecular weight is 519 g/mol. The Balaban J connectivity index is 1.45. The van der Waals surface area contributed by atoms with E-state index in [1.54, 1.807) is 0 Å². The summed E-state index contributed by atoms with van der Waals surface area (Å²) in [5.74, 6) is 0.973. The normalized spacial score (nSPS) is 12.4. The Labute approximate surface area is 235 Å². The lowest BCUT2D eigenvalue weighted by atomic mass is 9.92. The van der Waals surface area contributed by atoms with Crippen molar-refractivity contribution in [2.24, 2.45) is 0 Å². The maximum Gasteiger partial charge on any atom is 0.146 e. The van der Waals surface area contributed by atoms with Crippen LogP contribution >= 0.6 is 0 Å². The number of aromatic nitrogens is 2. The van der Waals surface area contributed by atoms with E-state index < -0.39 is 0 Å². The third-order valence-corrected chi connectivity index (χ3v) is 9.06. The lowest BCUT2D eigenvalue weighted by Crippen LogP contribution is -1.99. The zero-order chi connectivity index (χ0) is 26.7. The Morgan fingerprint density at radius 2 is 0.927 bits per heavy atom. The molecule has 10 aromatic rings. The second-order valence-electron chi connectivity index (χ2n) is 11.1. The van der Waals surface area contributed by atoms with Gasteiger partial charge in [-0.25, -0.2) is 4.98 Å². The Kier molecular flexibility index (Phi) is 3.95. The van der Waals surface area contributed by atoms with Gasteiger partial charge in [0, 0.05) is 22.0 Å². The Hall–Kier alpha value is -5.47. The molecule has 41 heavy (non-hydrogen) atoms. The fourth-order valence-electron chi connectivity index (χ4n) is 7.35. The molecule has 2 heteroatoms. The van der Waals surface area contributed by atoms with Gasteiger partial charge in [0.1, 0.15) is 5.82 Å². The smallest absolute Gasteiger partial charge is 0.146 e. The Morgan fingerprint density at radius 1 is 0.390 bits per heavy atom. The van der Waals surface area contributed by atoms with E-state index in [4.69, 9.17) is 4.98 Å². The average Bonchev–Trinajstić information content (AvgIpc) is 3.44. The minimum absolute atomic E-state index is 0.973. The maximum atomic E-state index is 5.55. The van der Waals surface area contributed by atoms with Crippen molar-refractivity contribution < 1.29 is 0 Å². The van der Waals surface area contributed by atoms with E-state index in [2.05, 4.69) is 138 Å². The van der Waals surface area contributed by atoms with E-state index in [-0.39, 0.29) is 0 Å². The number of imidazole rings is 1. The molecule has 0 atom stereocenters. The highest BCUT2D eigenvalue weighted by Crippen LogP contribution is 2.45. The summed E-state index contributed by atoms with van der Waals surface area (Å²) in [6.45, 7) is 0. The summed E-state index contributed by atoms with van der Waals surface area (Å²) in [5.41, 5.74) is 4.47. The second-order valence-corrected chi connectivity index (χ2v) is 11.1. The monoisotopic (exact) mass is 518 g/mol. The topological polar surface area (TPSA) is 17.8 Å². The third-order valence-electron chi connectivity index (χ3n) is 9.06. The van der Waals surface area contributed by atoms with Crippen LogP contribution in [-0.4, -0.2) is 9.55 Å². The fourth-order valence-corrected chi connectivity index (χ4v) is 7.35. The van der Waals surface area contributed by atoms with Crippen LogP contribution in [0, 0.1) is 0 Å². The van der Waals surface area contributed by atoms with Crippen LogP contribution in [0.25, 0.3) is 92.7 Å². The van der Waals surface area contributed by atoms with Crippen LogP contribution in [0.5, 0.6) is 0 Å². The number of benzene rings is 9. The quantitative estimate of drug-likeness (QED) is 0.208. The number of hydrogen-bond acceptors (Lipinski definition) is 1. The highest BCUT2D eigenvalue weighted by atomic mass is 15.1. The van der Waals surface area contributed by atoms with Crippen LogP contribution in [-0.2, 0) is 0 Å². The van der Waals surface area contributed by atoms with Crippen molar-refractivity contribution in [3.8, 4) is 17.1 Å². The molecule has 9 aromatic carbocycles. The minimum Gasteiger partial charge on any atom is -0.292 e. The molecule has 0 spiro atoms. The first-order valence-corrected chi connectivity index (χ1v) is 14.2. The Morgan fingerprint density at radius 3 is 1.66 bits per heavy atom. The van der Waals surface area contributed by atoms with Crippen molar-refractivity contribution in [3.05, 3.63) is 133 Å². The van der Waals surface area contributed by atoms with Gasteiger partial charge in [-0.3, -0.25) is 4.57 Å². The van der Waals surface area contributed by atoms with Gasteiger partial charge in [-0.05, 0) is 72.1 Å². The molecule has 0 aliphatic heterocycles. The fraction of sp³-hybridized carbons (Fsp3) is 0. The molecule has 10 rings (SSSR count). The molecule has 0 radical (unpaired) electrons. The van der Waals surface area contributed by atoms with Crippen molar-refractivity contribution in [1.29, 1.82) is 0 Å². The number of fused-ring (bicyclic) bond motifs is 3. The molecule has 0 N–H and O–H groups in total. The molecule has 1 aromatic heterocycles. The standard InChI is InChI=1S/C39H22N2/c1-2-11-28(12-3-1)41-38-32-14-6-10-26-17-16-25-9-5-13-31(35(25)36(26)32)37(38)40-39(41)30-22-20-27-18-15-23-7-4-8-24-19-21-29(30)34(27)33(23)24/h1-22H. The summed E-state index contributed by atoms with van der Waals surface area (Å²) in [5, 5.41) is 15.3. The molecular formula is C39H22N2. The van der Waals surface area contributed by atoms with Gasteiger partial charge in [0.2, 0.25) is 0 Å². The van der Waals surface area contributed by atoms with Crippen molar-refractivity contribution in [2.45, 2.75) is 0 Å². The van der Waals surface area contributed by atoms with Crippen LogP contribution in [0.4, 0.5) is 0 Å². The van der Waals surface area contributed by atoms with E-state index in [0.717, 1.165) is 28.1 Å². The molecule has 0 amide bonds. The summed E-state index contributed by atoms with van der Waals surface area (Å²) >= 11 is 0. The van der Waals surface area contributed by atoms with Gasteiger partial charge in [-0.1, -0.05) is 115 Å². The largest absolute Gasteiger partial charge is 0.292 e. The molecule has 0 bridgehead atoms. The van der Waals surface area contributed by atoms with Crippen molar-refractivity contribution in [3.63, 3.8) is 0 Å². The zero-order valence-electron chi connectivity index (χ0n) is 22.1. The molecule has 0 saturated heterocycles. The van der Waals surface area contributed by atoms with Gasteiger partial charge < -0.3 is 0 Å². The van der Waals surface area contributed by atoms with Gasteiger partial charge in [0.05, 0.1) is 11.0 Å². The lowest BCUT2D eigenvalue weighted by Gasteiger charge is -2.16. The highest BCUT2D eigenvalue weighted by molar-refractivity contribution is 6.33. The summed E-state index contributed by atoms with van der Waals surface area (Å²) in [6.07, 6.45) is 0. The summed E-state index contributed by atoms with van der Waals surface area (Å²) in [6, 6.07) is 48.7. The molecule has 188 valence electrons. The van der Waals surface area contributed by atoms with Gasteiger partial charge >= 0.3 is 0 Å². The molecular weight excluding hydrogens is 496 g/mol. The van der Waals surface area contributed by atoms with Crippen LogP contribution < -0.4 is 0 Å². The highest BCUT2D eigenvalue weighted by Gasteiger charge is 2.23.